The lowest BCUT2D eigenvalue weighted by Gasteiger charge is -2.23. The van der Waals surface area contributed by atoms with Crippen LogP contribution in [0.1, 0.15) is 43.9 Å². The zero-order valence-corrected chi connectivity index (χ0v) is 11.9. The van der Waals surface area contributed by atoms with E-state index in [0.717, 1.165) is 5.56 Å². The maximum atomic E-state index is 14.0. The largest absolute Gasteiger partial charge is 0.320 e. The van der Waals surface area contributed by atoms with Gasteiger partial charge in [0.2, 0.25) is 0 Å². The molecule has 0 saturated carbocycles. The topological polar surface area (TPSA) is 12.0 Å². The maximum Gasteiger partial charge on any atom is 0.274 e. The fourth-order valence-electron chi connectivity index (χ4n) is 1.96. The summed E-state index contributed by atoms with van der Waals surface area (Å²) in [6.45, 7) is 8.33. The van der Waals surface area contributed by atoms with Gasteiger partial charge in [-0.2, -0.15) is 0 Å². The first-order valence-corrected chi connectivity index (χ1v) is 6.32. The molecule has 0 fully saturated rings. The number of hydrogen-bond donors (Lipinski definition) is 1. The highest BCUT2D eigenvalue weighted by Crippen LogP contribution is 2.35. The maximum absolute atomic E-state index is 14.0. The van der Waals surface area contributed by atoms with E-state index in [4.69, 9.17) is 0 Å². The van der Waals surface area contributed by atoms with Crippen molar-refractivity contribution in [2.45, 2.75) is 45.5 Å². The summed E-state index contributed by atoms with van der Waals surface area (Å²) < 4.78 is 28.0. The zero-order chi connectivity index (χ0) is 14.0. The van der Waals surface area contributed by atoms with Crippen LogP contribution >= 0.6 is 0 Å². The summed E-state index contributed by atoms with van der Waals surface area (Å²) in [6, 6.07) is 5.27. The third-order valence-electron chi connectivity index (χ3n) is 3.18. The van der Waals surface area contributed by atoms with Gasteiger partial charge in [-0.15, -0.1) is 0 Å². The number of nitrogens with one attached hydrogen (secondary N) is 1. The Morgan fingerprint density at radius 1 is 1.17 bits per heavy atom. The lowest BCUT2D eigenvalue weighted by atomic mass is 9.84. The van der Waals surface area contributed by atoms with Gasteiger partial charge in [0, 0.05) is 18.5 Å². The first-order valence-electron chi connectivity index (χ1n) is 6.32. The summed E-state index contributed by atoms with van der Waals surface area (Å²) in [6.07, 6.45) is -0.167. The molecule has 0 unspecified atom stereocenters. The van der Waals surface area contributed by atoms with Crippen molar-refractivity contribution in [2.24, 2.45) is 0 Å². The van der Waals surface area contributed by atoms with Crippen molar-refractivity contribution in [3.63, 3.8) is 0 Å². The average Bonchev–Trinajstić information content (AvgIpc) is 2.24. The van der Waals surface area contributed by atoms with Crippen LogP contribution in [0.4, 0.5) is 8.78 Å². The van der Waals surface area contributed by atoms with E-state index in [9.17, 15) is 8.78 Å². The molecule has 0 aliphatic rings. The van der Waals surface area contributed by atoms with Crippen LogP contribution in [0.3, 0.4) is 0 Å². The van der Waals surface area contributed by atoms with Gasteiger partial charge in [-0.05, 0) is 30.5 Å². The van der Waals surface area contributed by atoms with Crippen LogP contribution in [-0.4, -0.2) is 13.6 Å². The van der Waals surface area contributed by atoms with Crippen LogP contribution in [0.5, 0.6) is 0 Å². The van der Waals surface area contributed by atoms with E-state index in [2.05, 4.69) is 26.1 Å². The average molecular weight is 255 g/mol. The monoisotopic (exact) mass is 255 g/mol. The summed E-state index contributed by atoms with van der Waals surface area (Å²) in [7, 11) is 1.69. The van der Waals surface area contributed by atoms with Gasteiger partial charge in [0.25, 0.3) is 5.92 Å². The highest BCUT2D eigenvalue weighted by molar-refractivity contribution is 5.36. The third-order valence-corrected chi connectivity index (χ3v) is 3.18. The second-order valence-corrected chi connectivity index (χ2v) is 5.84. The van der Waals surface area contributed by atoms with Crippen molar-refractivity contribution >= 4 is 0 Å². The second kappa shape index (κ2) is 5.35. The summed E-state index contributed by atoms with van der Waals surface area (Å²) in [5.74, 6) is -2.76. The van der Waals surface area contributed by atoms with Gasteiger partial charge in [-0.1, -0.05) is 39.0 Å². The highest BCUT2D eigenvalue weighted by Gasteiger charge is 2.32. The highest BCUT2D eigenvalue weighted by atomic mass is 19.3. The molecule has 0 aromatic heterocycles. The molecule has 0 radical (unpaired) electrons. The lowest BCUT2D eigenvalue weighted by molar-refractivity contribution is -0.0129. The van der Waals surface area contributed by atoms with Crippen molar-refractivity contribution in [1.82, 2.24) is 5.32 Å². The predicted octanol–water partition coefficient (Wildman–Crippen LogP) is 3.99. The molecule has 0 atom stereocenters. The first-order chi connectivity index (χ1) is 8.18. The fourth-order valence-corrected chi connectivity index (χ4v) is 1.96. The molecular weight excluding hydrogens is 232 g/mol. The molecular formula is C15H23F2N. The van der Waals surface area contributed by atoms with Crippen molar-refractivity contribution in [1.29, 1.82) is 0 Å². The number of benzene rings is 1. The van der Waals surface area contributed by atoms with E-state index >= 15 is 0 Å². The normalized spacial score (nSPS) is 12.8. The summed E-state index contributed by atoms with van der Waals surface area (Å²) in [5, 5.41) is 2.77. The Labute approximate surface area is 109 Å². The summed E-state index contributed by atoms with van der Waals surface area (Å²) >= 11 is 0. The molecule has 1 aromatic carbocycles. The van der Waals surface area contributed by atoms with Crippen LogP contribution < -0.4 is 5.32 Å². The van der Waals surface area contributed by atoms with Gasteiger partial charge in [-0.25, -0.2) is 8.78 Å². The Morgan fingerprint density at radius 2 is 1.78 bits per heavy atom. The van der Waals surface area contributed by atoms with E-state index in [1.165, 1.54) is 0 Å². The van der Waals surface area contributed by atoms with Gasteiger partial charge in [-0.3, -0.25) is 0 Å². The molecule has 18 heavy (non-hydrogen) atoms. The molecule has 3 heteroatoms. The van der Waals surface area contributed by atoms with Crippen LogP contribution in [-0.2, 0) is 11.3 Å². The molecule has 1 N–H and O–H groups in total. The lowest BCUT2D eigenvalue weighted by Crippen LogP contribution is -2.22. The molecule has 0 aliphatic carbocycles. The van der Waals surface area contributed by atoms with Crippen molar-refractivity contribution in [2.75, 3.05) is 13.6 Å². The number of aryl methyl sites for hydroxylation is 1. The van der Waals surface area contributed by atoms with E-state index < -0.39 is 5.92 Å². The summed E-state index contributed by atoms with van der Waals surface area (Å²) in [4.78, 5) is 0. The Kier molecular flexibility index (Phi) is 4.49. The Bertz CT molecular complexity index is 405. The second-order valence-electron chi connectivity index (χ2n) is 5.84. The molecule has 1 nitrogen and oxygen atoms in total. The van der Waals surface area contributed by atoms with Gasteiger partial charge in [0.1, 0.15) is 0 Å². The quantitative estimate of drug-likeness (QED) is 0.857. The Balaban J connectivity index is 3.05. The van der Waals surface area contributed by atoms with E-state index in [1.807, 2.05) is 12.1 Å². The van der Waals surface area contributed by atoms with E-state index in [1.54, 1.807) is 20.0 Å². The molecule has 0 aliphatic heterocycles. The Hall–Kier alpha value is -0.960. The minimum Gasteiger partial charge on any atom is -0.320 e. The van der Waals surface area contributed by atoms with Gasteiger partial charge >= 0.3 is 0 Å². The van der Waals surface area contributed by atoms with Crippen molar-refractivity contribution < 1.29 is 8.78 Å². The molecule has 0 heterocycles. The van der Waals surface area contributed by atoms with Gasteiger partial charge in [0.15, 0.2) is 0 Å². The minimum absolute atomic E-state index is 0.0104. The molecule has 102 valence electrons. The molecule has 0 bridgehead atoms. The number of rotatable bonds is 4. The molecule has 0 spiro atoms. The zero-order valence-electron chi connectivity index (χ0n) is 11.9. The third kappa shape index (κ3) is 3.52. The van der Waals surface area contributed by atoms with E-state index in [-0.39, 0.29) is 17.4 Å². The number of halogens is 2. The number of hydrogen-bond acceptors (Lipinski definition) is 1. The standard InChI is InChI=1S/C15H23F2N/c1-11-10-12(14(2,3)4)6-7-13(11)15(16,17)8-9-18-5/h6-7,10,18H,8-9H2,1-5H3. The smallest absolute Gasteiger partial charge is 0.274 e. The Morgan fingerprint density at radius 3 is 2.22 bits per heavy atom. The molecule has 1 rings (SSSR count). The van der Waals surface area contributed by atoms with Crippen molar-refractivity contribution in [3.8, 4) is 0 Å². The number of alkyl halides is 2. The van der Waals surface area contributed by atoms with E-state index in [0.29, 0.717) is 12.1 Å². The van der Waals surface area contributed by atoms with Gasteiger partial charge in [0.05, 0.1) is 0 Å². The fraction of sp³-hybridized carbons (Fsp3) is 0.600. The van der Waals surface area contributed by atoms with Crippen LogP contribution in [0.2, 0.25) is 0 Å². The molecule has 0 amide bonds. The van der Waals surface area contributed by atoms with Crippen LogP contribution in [0, 0.1) is 6.92 Å². The molecule has 0 saturated heterocycles. The van der Waals surface area contributed by atoms with Crippen LogP contribution in [0.15, 0.2) is 18.2 Å². The first kappa shape index (κ1) is 15.1. The molecule has 1 aromatic rings. The van der Waals surface area contributed by atoms with Gasteiger partial charge < -0.3 is 5.32 Å². The van der Waals surface area contributed by atoms with Crippen LogP contribution in [0.25, 0.3) is 0 Å². The minimum atomic E-state index is -2.76. The van der Waals surface area contributed by atoms with Crippen molar-refractivity contribution in [3.05, 3.63) is 34.9 Å². The summed E-state index contributed by atoms with van der Waals surface area (Å²) in [5.41, 5.74) is 1.89. The SMILES string of the molecule is CNCCC(F)(F)c1ccc(C(C)(C)C)cc1C. The predicted molar refractivity (Wildman–Crippen MR) is 72.3 cm³/mol.